The third kappa shape index (κ3) is 2.09. The van der Waals surface area contributed by atoms with E-state index in [1.54, 1.807) is 0 Å². The fourth-order valence-corrected chi connectivity index (χ4v) is 1.52. The zero-order valence-corrected chi connectivity index (χ0v) is 8.69. The summed E-state index contributed by atoms with van der Waals surface area (Å²) >= 11 is 3.43. The Kier molecular flexibility index (Phi) is 3.18. The van der Waals surface area contributed by atoms with Crippen LogP contribution in [0.4, 0.5) is 0 Å². The van der Waals surface area contributed by atoms with E-state index < -0.39 is 0 Å². The van der Waals surface area contributed by atoms with Gasteiger partial charge in [-0.2, -0.15) is 0 Å². The summed E-state index contributed by atoms with van der Waals surface area (Å²) in [6.07, 6.45) is 1.20. The topological polar surface area (TPSA) is 4.93 Å². The van der Waals surface area contributed by atoms with Crippen molar-refractivity contribution < 1.29 is 0 Å². The van der Waals surface area contributed by atoms with E-state index in [1.165, 1.54) is 17.8 Å². The smallest absolute Gasteiger partial charge is 0.0232 e. The molecule has 1 heterocycles. The lowest BCUT2D eigenvalue weighted by Gasteiger charge is -2.06. The maximum atomic E-state index is 3.43. The third-order valence-corrected chi connectivity index (χ3v) is 2.49. The Labute approximate surface area is 76.5 Å². The van der Waals surface area contributed by atoms with Gasteiger partial charge in [0.25, 0.3) is 0 Å². The summed E-state index contributed by atoms with van der Waals surface area (Å²) in [6.45, 7) is 5.44. The highest BCUT2D eigenvalue weighted by atomic mass is 79.9. The van der Waals surface area contributed by atoms with Crippen LogP contribution in [0.2, 0.25) is 0 Å². The minimum atomic E-state index is 1.09. The van der Waals surface area contributed by atoms with Crippen LogP contribution in [0.5, 0.6) is 0 Å². The number of aryl methyl sites for hydroxylation is 2. The van der Waals surface area contributed by atoms with Crippen molar-refractivity contribution >= 4 is 15.9 Å². The molecule has 0 aromatic carbocycles. The SMILES string of the molecule is Cc1ccc(C)n1CCCBr. The molecule has 0 atom stereocenters. The number of nitrogens with zero attached hydrogens (tertiary/aromatic N) is 1. The minimum Gasteiger partial charge on any atom is -0.349 e. The lowest BCUT2D eigenvalue weighted by Crippen LogP contribution is -2.02. The highest BCUT2D eigenvalue weighted by molar-refractivity contribution is 9.09. The molecule has 0 N–H and O–H groups in total. The van der Waals surface area contributed by atoms with E-state index in [1.807, 2.05) is 0 Å². The Balaban J connectivity index is 2.67. The number of hydrogen-bond acceptors (Lipinski definition) is 0. The molecule has 62 valence electrons. The van der Waals surface area contributed by atoms with Crippen molar-refractivity contribution in [1.29, 1.82) is 0 Å². The van der Waals surface area contributed by atoms with Gasteiger partial charge in [-0.1, -0.05) is 15.9 Å². The van der Waals surface area contributed by atoms with Gasteiger partial charge in [0.2, 0.25) is 0 Å². The van der Waals surface area contributed by atoms with Crippen LogP contribution in [0.3, 0.4) is 0 Å². The predicted molar refractivity (Wildman–Crippen MR) is 52.3 cm³/mol. The molecule has 1 aromatic heterocycles. The van der Waals surface area contributed by atoms with Crippen molar-refractivity contribution in [3.63, 3.8) is 0 Å². The fraction of sp³-hybridized carbons (Fsp3) is 0.556. The van der Waals surface area contributed by atoms with E-state index in [0.29, 0.717) is 0 Å². The summed E-state index contributed by atoms with van der Waals surface area (Å²) in [5, 5.41) is 1.09. The van der Waals surface area contributed by atoms with Crippen LogP contribution >= 0.6 is 15.9 Å². The van der Waals surface area contributed by atoms with E-state index in [2.05, 4.69) is 46.5 Å². The van der Waals surface area contributed by atoms with Crippen LogP contribution in [0.1, 0.15) is 17.8 Å². The molecule has 2 heteroatoms. The monoisotopic (exact) mass is 215 g/mol. The maximum absolute atomic E-state index is 3.43. The normalized spacial score (nSPS) is 10.5. The van der Waals surface area contributed by atoms with E-state index in [0.717, 1.165) is 11.9 Å². The number of rotatable bonds is 3. The Hall–Kier alpha value is -0.240. The Morgan fingerprint density at radius 3 is 2.27 bits per heavy atom. The van der Waals surface area contributed by atoms with E-state index in [-0.39, 0.29) is 0 Å². The van der Waals surface area contributed by atoms with Crippen LogP contribution in [-0.2, 0) is 6.54 Å². The van der Waals surface area contributed by atoms with Crippen LogP contribution in [0.25, 0.3) is 0 Å². The van der Waals surface area contributed by atoms with Gasteiger partial charge in [0.05, 0.1) is 0 Å². The van der Waals surface area contributed by atoms with Gasteiger partial charge in [-0.25, -0.2) is 0 Å². The summed E-state index contributed by atoms with van der Waals surface area (Å²) in [7, 11) is 0. The second-order valence-electron chi connectivity index (χ2n) is 2.81. The van der Waals surface area contributed by atoms with Gasteiger partial charge < -0.3 is 4.57 Å². The second kappa shape index (κ2) is 3.96. The average Bonchev–Trinajstić information content (AvgIpc) is 2.29. The molecule has 0 aliphatic heterocycles. The first-order valence-corrected chi connectivity index (χ1v) is 5.06. The van der Waals surface area contributed by atoms with E-state index in [9.17, 15) is 0 Å². The first kappa shape index (κ1) is 8.85. The molecule has 1 aromatic rings. The van der Waals surface area contributed by atoms with Gasteiger partial charge in [-0.15, -0.1) is 0 Å². The molecule has 11 heavy (non-hydrogen) atoms. The van der Waals surface area contributed by atoms with Crippen molar-refractivity contribution in [2.75, 3.05) is 5.33 Å². The molecule has 1 nitrogen and oxygen atoms in total. The van der Waals surface area contributed by atoms with E-state index in [4.69, 9.17) is 0 Å². The van der Waals surface area contributed by atoms with Crippen LogP contribution in [-0.4, -0.2) is 9.90 Å². The molecule has 0 amide bonds. The lowest BCUT2D eigenvalue weighted by molar-refractivity contribution is 0.655. The summed E-state index contributed by atoms with van der Waals surface area (Å²) < 4.78 is 2.35. The highest BCUT2D eigenvalue weighted by Gasteiger charge is 1.98. The summed E-state index contributed by atoms with van der Waals surface area (Å²) in [5.74, 6) is 0. The molecule has 0 radical (unpaired) electrons. The predicted octanol–water partition coefficient (Wildman–Crippen LogP) is 2.89. The minimum absolute atomic E-state index is 1.09. The van der Waals surface area contributed by atoms with Crippen molar-refractivity contribution in [2.24, 2.45) is 0 Å². The second-order valence-corrected chi connectivity index (χ2v) is 3.60. The summed E-state index contributed by atoms with van der Waals surface area (Å²) in [5.41, 5.74) is 2.73. The fourth-order valence-electron chi connectivity index (χ4n) is 1.27. The van der Waals surface area contributed by atoms with Crippen LogP contribution in [0, 0.1) is 13.8 Å². The zero-order chi connectivity index (χ0) is 8.27. The highest BCUT2D eigenvalue weighted by Crippen LogP contribution is 2.07. The van der Waals surface area contributed by atoms with E-state index >= 15 is 0 Å². The molecule has 0 bridgehead atoms. The summed E-state index contributed by atoms with van der Waals surface area (Å²) in [6, 6.07) is 4.34. The van der Waals surface area contributed by atoms with Crippen LogP contribution in [0.15, 0.2) is 12.1 Å². The molecule has 0 aliphatic carbocycles. The van der Waals surface area contributed by atoms with Crippen molar-refractivity contribution in [1.82, 2.24) is 4.57 Å². The Morgan fingerprint density at radius 2 is 1.82 bits per heavy atom. The maximum Gasteiger partial charge on any atom is 0.0232 e. The molecule has 1 rings (SSSR count). The largest absolute Gasteiger partial charge is 0.349 e. The molecular formula is C9H14BrN. The van der Waals surface area contributed by atoms with Gasteiger partial charge in [-0.05, 0) is 32.4 Å². The average molecular weight is 216 g/mol. The standard InChI is InChI=1S/C9H14BrN/c1-8-4-5-9(2)11(8)7-3-6-10/h4-5H,3,6-7H2,1-2H3. The Morgan fingerprint density at radius 1 is 1.27 bits per heavy atom. The number of halogens is 1. The number of aromatic nitrogens is 1. The molecular weight excluding hydrogens is 202 g/mol. The van der Waals surface area contributed by atoms with Crippen LogP contribution < -0.4 is 0 Å². The number of alkyl halides is 1. The lowest BCUT2D eigenvalue weighted by atomic mass is 10.4. The van der Waals surface area contributed by atoms with Crippen molar-refractivity contribution in [3.8, 4) is 0 Å². The third-order valence-electron chi connectivity index (χ3n) is 1.93. The molecule has 0 fully saturated rings. The molecule has 0 unspecified atom stereocenters. The van der Waals surface area contributed by atoms with Gasteiger partial charge >= 0.3 is 0 Å². The van der Waals surface area contributed by atoms with Crippen molar-refractivity contribution in [3.05, 3.63) is 23.5 Å². The summed E-state index contributed by atoms with van der Waals surface area (Å²) in [4.78, 5) is 0. The first-order chi connectivity index (χ1) is 5.25. The quantitative estimate of drug-likeness (QED) is 0.684. The molecule has 0 spiro atoms. The van der Waals surface area contributed by atoms with Crippen molar-refractivity contribution in [2.45, 2.75) is 26.8 Å². The first-order valence-electron chi connectivity index (χ1n) is 3.94. The number of hydrogen-bond donors (Lipinski definition) is 0. The molecule has 0 saturated heterocycles. The van der Waals surface area contributed by atoms with Gasteiger partial charge in [-0.3, -0.25) is 0 Å². The molecule has 0 saturated carbocycles. The van der Waals surface area contributed by atoms with Gasteiger partial charge in [0.15, 0.2) is 0 Å². The molecule has 0 aliphatic rings. The van der Waals surface area contributed by atoms with Gasteiger partial charge in [0.1, 0.15) is 0 Å². The Bertz CT molecular complexity index is 208. The van der Waals surface area contributed by atoms with Gasteiger partial charge in [0, 0.05) is 23.3 Å². The zero-order valence-electron chi connectivity index (χ0n) is 7.10.